The molecule has 0 aliphatic heterocycles. The van der Waals surface area contributed by atoms with Gasteiger partial charge in [-0.2, -0.15) is 5.10 Å². The fourth-order valence-corrected chi connectivity index (χ4v) is 2.34. The zero-order valence-electron chi connectivity index (χ0n) is 13.7. The largest absolute Gasteiger partial charge is 0.463 e. The van der Waals surface area contributed by atoms with E-state index in [0.29, 0.717) is 29.3 Å². The molecule has 0 radical (unpaired) electrons. The summed E-state index contributed by atoms with van der Waals surface area (Å²) in [6.07, 6.45) is 5.71. The summed E-state index contributed by atoms with van der Waals surface area (Å²) >= 11 is 5.97. The Balaban J connectivity index is 1.53. The number of rotatable bonds is 9. The molecule has 25 heavy (non-hydrogen) atoms. The number of furan rings is 1. The van der Waals surface area contributed by atoms with Crippen molar-refractivity contribution in [2.45, 2.75) is 25.7 Å². The molecule has 2 rings (SSSR count). The van der Waals surface area contributed by atoms with Gasteiger partial charge >= 0.3 is 0 Å². The summed E-state index contributed by atoms with van der Waals surface area (Å²) in [6, 6.07) is 10.4. The summed E-state index contributed by atoms with van der Waals surface area (Å²) in [4.78, 5) is 23.5. The van der Waals surface area contributed by atoms with E-state index in [4.69, 9.17) is 16.0 Å². The third kappa shape index (κ3) is 6.81. The van der Waals surface area contributed by atoms with Gasteiger partial charge in [0.1, 0.15) is 5.76 Å². The van der Waals surface area contributed by atoms with Crippen LogP contribution in [0.5, 0.6) is 0 Å². The highest BCUT2D eigenvalue weighted by Gasteiger charge is 2.08. The van der Waals surface area contributed by atoms with Crippen molar-refractivity contribution in [2.75, 3.05) is 6.54 Å². The van der Waals surface area contributed by atoms with Crippen LogP contribution < -0.4 is 10.7 Å². The SMILES string of the molecule is O=C(CCCCCNC(=O)c1ccccc1Cl)N/N=C/c1ccco1. The minimum Gasteiger partial charge on any atom is -0.463 e. The number of hydrogen-bond donors (Lipinski definition) is 2. The zero-order valence-corrected chi connectivity index (χ0v) is 14.5. The van der Waals surface area contributed by atoms with Crippen molar-refractivity contribution in [1.82, 2.24) is 10.7 Å². The summed E-state index contributed by atoms with van der Waals surface area (Å²) in [5.74, 6) is 0.244. The molecule has 0 bridgehead atoms. The van der Waals surface area contributed by atoms with Gasteiger partial charge in [-0.15, -0.1) is 0 Å². The minimum absolute atomic E-state index is 0.150. The molecule has 132 valence electrons. The maximum Gasteiger partial charge on any atom is 0.252 e. The summed E-state index contributed by atoms with van der Waals surface area (Å²) in [5.41, 5.74) is 2.91. The first-order chi connectivity index (χ1) is 12.2. The Morgan fingerprint density at radius 3 is 2.72 bits per heavy atom. The topological polar surface area (TPSA) is 83.7 Å². The molecule has 0 spiro atoms. The van der Waals surface area contributed by atoms with Crippen LogP contribution in [0.25, 0.3) is 0 Å². The van der Waals surface area contributed by atoms with Gasteiger partial charge in [0.15, 0.2) is 0 Å². The second-order valence-corrected chi connectivity index (χ2v) is 5.76. The number of hydrogen-bond acceptors (Lipinski definition) is 4. The molecule has 0 aliphatic rings. The van der Waals surface area contributed by atoms with Crippen molar-refractivity contribution >= 4 is 29.6 Å². The van der Waals surface area contributed by atoms with E-state index in [9.17, 15) is 9.59 Å². The van der Waals surface area contributed by atoms with Gasteiger partial charge in [0.05, 0.1) is 23.1 Å². The molecule has 1 aromatic carbocycles. The number of hydrazone groups is 1. The number of nitrogens with zero attached hydrogens (tertiary/aromatic N) is 1. The normalized spacial score (nSPS) is 10.8. The predicted molar refractivity (Wildman–Crippen MR) is 96.7 cm³/mol. The molecule has 0 aliphatic carbocycles. The van der Waals surface area contributed by atoms with Gasteiger partial charge in [-0.25, -0.2) is 5.43 Å². The average molecular weight is 362 g/mol. The van der Waals surface area contributed by atoms with Gasteiger partial charge in [0, 0.05) is 13.0 Å². The number of carbonyl (C=O) groups is 2. The molecule has 1 aromatic heterocycles. The first-order valence-corrected chi connectivity index (χ1v) is 8.43. The molecule has 0 fully saturated rings. The molecule has 0 saturated carbocycles. The van der Waals surface area contributed by atoms with Gasteiger partial charge in [-0.1, -0.05) is 30.2 Å². The van der Waals surface area contributed by atoms with Crippen LogP contribution in [-0.2, 0) is 4.79 Å². The summed E-state index contributed by atoms with van der Waals surface area (Å²) in [5, 5.41) is 7.06. The van der Waals surface area contributed by atoms with Crippen LogP contribution in [-0.4, -0.2) is 24.6 Å². The average Bonchev–Trinajstić information content (AvgIpc) is 3.11. The van der Waals surface area contributed by atoms with Crippen LogP contribution in [0.1, 0.15) is 41.8 Å². The highest BCUT2D eigenvalue weighted by molar-refractivity contribution is 6.33. The van der Waals surface area contributed by atoms with Crippen LogP contribution in [0.15, 0.2) is 52.2 Å². The van der Waals surface area contributed by atoms with E-state index in [1.54, 1.807) is 36.4 Å². The molecule has 0 unspecified atom stereocenters. The third-order valence-corrected chi connectivity index (χ3v) is 3.74. The smallest absolute Gasteiger partial charge is 0.252 e. The Bertz CT molecular complexity index is 714. The van der Waals surface area contributed by atoms with Crippen LogP contribution >= 0.6 is 11.6 Å². The fraction of sp³-hybridized carbons (Fsp3) is 0.278. The Morgan fingerprint density at radius 1 is 1.12 bits per heavy atom. The molecular weight excluding hydrogens is 342 g/mol. The summed E-state index contributed by atoms with van der Waals surface area (Å²) in [6.45, 7) is 0.544. The van der Waals surface area contributed by atoms with Crippen molar-refractivity contribution in [1.29, 1.82) is 0 Å². The van der Waals surface area contributed by atoms with E-state index in [-0.39, 0.29) is 11.8 Å². The van der Waals surface area contributed by atoms with Gasteiger partial charge in [0.25, 0.3) is 5.91 Å². The molecule has 6 nitrogen and oxygen atoms in total. The van der Waals surface area contributed by atoms with Gasteiger partial charge in [-0.3, -0.25) is 9.59 Å². The number of carbonyl (C=O) groups excluding carboxylic acids is 2. The molecular formula is C18H20ClN3O3. The molecule has 7 heteroatoms. The van der Waals surface area contributed by atoms with Crippen molar-refractivity contribution in [3.05, 3.63) is 59.0 Å². The van der Waals surface area contributed by atoms with E-state index in [1.165, 1.54) is 12.5 Å². The lowest BCUT2D eigenvalue weighted by Gasteiger charge is -2.06. The number of nitrogens with one attached hydrogen (secondary N) is 2. The van der Waals surface area contributed by atoms with E-state index in [1.807, 2.05) is 0 Å². The molecule has 2 aromatic rings. The number of amides is 2. The molecule has 1 heterocycles. The van der Waals surface area contributed by atoms with Gasteiger partial charge < -0.3 is 9.73 Å². The highest BCUT2D eigenvalue weighted by Crippen LogP contribution is 2.14. The van der Waals surface area contributed by atoms with Crippen molar-refractivity contribution in [3.63, 3.8) is 0 Å². The Morgan fingerprint density at radius 2 is 1.96 bits per heavy atom. The Hall–Kier alpha value is -2.60. The van der Waals surface area contributed by atoms with Crippen LogP contribution in [0.2, 0.25) is 5.02 Å². The van der Waals surface area contributed by atoms with E-state index < -0.39 is 0 Å². The Labute approximate surface area is 151 Å². The third-order valence-electron chi connectivity index (χ3n) is 3.41. The lowest BCUT2D eigenvalue weighted by Crippen LogP contribution is -2.24. The quantitative estimate of drug-likeness (QED) is 0.408. The second-order valence-electron chi connectivity index (χ2n) is 5.36. The summed E-state index contributed by atoms with van der Waals surface area (Å²) < 4.78 is 5.06. The second kappa shape index (κ2) is 10.3. The predicted octanol–water partition coefficient (Wildman–Crippen LogP) is 3.37. The number of unbranched alkanes of at least 4 members (excludes halogenated alkanes) is 2. The number of benzene rings is 1. The first-order valence-electron chi connectivity index (χ1n) is 8.05. The van der Waals surface area contributed by atoms with Gasteiger partial charge in [0.2, 0.25) is 5.91 Å². The summed E-state index contributed by atoms with van der Waals surface area (Å²) in [7, 11) is 0. The molecule has 0 saturated heterocycles. The van der Waals surface area contributed by atoms with Crippen LogP contribution in [0, 0.1) is 0 Å². The maximum atomic E-state index is 11.9. The fourth-order valence-electron chi connectivity index (χ4n) is 2.12. The molecule has 0 atom stereocenters. The highest BCUT2D eigenvalue weighted by atomic mass is 35.5. The maximum absolute atomic E-state index is 11.9. The van der Waals surface area contributed by atoms with Crippen molar-refractivity contribution in [2.24, 2.45) is 5.10 Å². The van der Waals surface area contributed by atoms with E-state index >= 15 is 0 Å². The van der Waals surface area contributed by atoms with E-state index in [2.05, 4.69) is 15.8 Å². The zero-order chi connectivity index (χ0) is 17.9. The standard InChI is InChI=1S/C18H20ClN3O3/c19-16-9-4-3-8-15(16)18(24)20-11-5-1-2-10-17(23)22-21-13-14-7-6-12-25-14/h3-4,6-9,12-13H,1-2,5,10-11H2,(H,20,24)(H,22,23)/b21-13+. The van der Waals surface area contributed by atoms with E-state index in [0.717, 1.165) is 19.3 Å². The van der Waals surface area contributed by atoms with Gasteiger partial charge in [-0.05, 0) is 37.1 Å². The lowest BCUT2D eigenvalue weighted by atomic mass is 10.1. The minimum atomic E-state index is -0.185. The number of halogens is 1. The lowest BCUT2D eigenvalue weighted by molar-refractivity contribution is -0.121. The monoisotopic (exact) mass is 361 g/mol. The first kappa shape index (κ1) is 18.7. The van der Waals surface area contributed by atoms with Crippen LogP contribution in [0.3, 0.4) is 0 Å². The molecule has 2 N–H and O–H groups in total. The van der Waals surface area contributed by atoms with Crippen molar-refractivity contribution < 1.29 is 14.0 Å². The van der Waals surface area contributed by atoms with Crippen molar-refractivity contribution in [3.8, 4) is 0 Å². The van der Waals surface area contributed by atoms with Crippen LogP contribution in [0.4, 0.5) is 0 Å². The molecule has 2 amide bonds. The Kier molecular flexibility index (Phi) is 7.72.